The molecule has 0 heterocycles. The van der Waals surface area contributed by atoms with E-state index in [0.717, 1.165) is 18.5 Å². The van der Waals surface area contributed by atoms with Gasteiger partial charge in [0, 0.05) is 18.6 Å². The first-order valence-corrected chi connectivity index (χ1v) is 7.16. The van der Waals surface area contributed by atoms with Crippen molar-refractivity contribution in [3.63, 3.8) is 0 Å². The minimum Gasteiger partial charge on any atom is -0.313 e. The maximum atomic E-state index is 3.67. The maximum absolute atomic E-state index is 3.67. The normalized spacial score (nSPS) is 20.1. The Labute approximate surface area is 102 Å². The van der Waals surface area contributed by atoms with Gasteiger partial charge in [0.1, 0.15) is 0 Å². The van der Waals surface area contributed by atoms with Gasteiger partial charge < -0.3 is 10.2 Å². The Balaban J connectivity index is 2.45. The molecule has 2 atom stereocenters. The molecule has 0 amide bonds. The Hall–Kier alpha value is -0.0800. The van der Waals surface area contributed by atoms with Crippen molar-refractivity contribution in [2.45, 2.75) is 65.0 Å². The van der Waals surface area contributed by atoms with Crippen LogP contribution in [0.25, 0.3) is 0 Å². The van der Waals surface area contributed by atoms with Gasteiger partial charge >= 0.3 is 0 Å². The molecule has 2 unspecified atom stereocenters. The molecule has 1 aliphatic rings. The van der Waals surface area contributed by atoms with E-state index in [-0.39, 0.29) is 0 Å². The van der Waals surface area contributed by atoms with Crippen LogP contribution < -0.4 is 5.32 Å². The zero-order chi connectivity index (χ0) is 12.0. The van der Waals surface area contributed by atoms with Gasteiger partial charge in [0.05, 0.1) is 0 Å². The Bertz CT molecular complexity index is 172. The van der Waals surface area contributed by atoms with Crippen LogP contribution in [-0.2, 0) is 0 Å². The molecule has 1 fully saturated rings. The van der Waals surface area contributed by atoms with E-state index in [2.05, 4.69) is 38.0 Å². The predicted molar refractivity (Wildman–Crippen MR) is 71.8 cm³/mol. The topological polar surface area (TPSA) is 15.3 Å². The highest BCUT2D eigenvalue weighted by Gasteiger charge is 2.28. The Kier molecular flexibility index (Phi) is 6.37. The molecule has 0 aromatic rings. The van der Waals surface area contributed by atoms with E-state index in [0.29, 0.717) is 6.04 Å². The van der Waals surface area contributed by atoms with Crippen LogP contribution in [0.1, 0.15) is 52.9 Å². The summed E-state index contributed by atoms with van der Waals surface area (Å²) in [5, 5.41) is 3.67. The number of nitrogens with one attached hydrogen (secondary N) is 1. The molecule has 0 aliphatic heterocycles. The smallest absolute Gasteiger partial charge is 0.0243 e. The second-order valence-corrected chi connectivity index (χ2v) is 5.31. The molecule has 0 spiro atoms. The third-order valence-electron chi connectivity index (χ3n) is 3.76. The van der Waals surface area contributed by atoms with Crippen molar-refractivity contribution in [2.24, 2.45) is 5.92 Å². The molecule has 1 saturated carbocycles. The summed E-state index contributed by atoms with van der Waals surface area (Å²) in [6, 6.07) is 1.41. The van der Waals surface area contributed by atoms with Crippen molar-refractivity contribution in [2.75, 3.05) is 20.1 Å². The number of hydrogen-bond acceptors (Lipinski definition) is 2. The molecule has 0 saturated heterocycles. The summed E-state index contributed by atoms with van der Waals surface area (Å²) >= 11 is 0. The highest BCUT2D eigenvalue weighted by Crippen LogP contribution is 2.30. The predicted octanol–water partition coefficient (Wildman–Crippen LogP) is 2.89. The molecule has 2 nitrogen and oxygen atoms in total. The van der Waals surface area contributed by atoms with E-state index < -0.39 is 0 Å². The molecule has 1 N–H and O–H groups in total. The van der Waals surface area contributed by atoms with Gasteiger partial charge in [0.2, 0.25) is 0 Å². The number of likely N-dealkylation sites (N-methyl/N-ethyl adjacent to an activating group) is 2. The Morgan fingerprint density at radius 3 is 2.38 bits per heavy atom. The third kappa shape index (κ3) is 4.42. The lowest BCUT2D eigenvalue weighted by Gasteiger charge is -2.34. The molecule has 2 heteroatoms. The number of nitrogens with zero attached hydrogens (tertiary/aromatic N) is 1. The lowest BCUT2D eigenvalue weighted by molar-refractivity contribution is 0.174. The summed E-state index contributed by atoms with van der Waals surface area (Å²) in [7, 11) is 2.31. The third-order valence-corrected chi connectivity index (χ3v) is 3.76. The van der Waals surface area contributed by atoms with Gasteiger partial charge in [-0.15, -0.1) is 0 Å². The van der Waals surface area contributed by atoms with Crippen molar-refractivity contribution in [3.8, 4) is 0 Å². The molecule has 0 aromatic carbocycles. The van der Waals surface area contributed by atoms with Crippen molar-refractivity contribution >= 4 is 0 Å². The van der Waals surface area contributed by atoms with E-state index in [9.17, 15) is 0 Å². The lowest BCUT2D eigenvalue weighted by atomic mass is 9.99. The molecular formula is C14H30N2. The van der Waals surface area contributed by atoms with Gasteiger partial charge in [-0.2, -0.15) is 0 Å². The average Bonchev–Trinajstić information content (AvgIpc) is 3.03. The summed E-state index contributed by atoms with van der Waals surface area (Å²) in [6.45, 7) is 9.24. The van der Waals surface area contributed by atoms with Gasteiger partial charge in [-0.1, -0.05) is 27.2 Å². The van der Waals surface area contributed by atoms with Crippen LogP contribution >= 0.6 is 0 Å². The van der Waals surface area contributed by atoms with E-state index >= 15 is 0 Å². The van der Waals surface area contributed by atoms with Crippen LogP contribution in [0.4, 0.5) is 0 Å². The molecule has 0 radical (unpaired) electrons. The summed E-state index contributed by atoms with van der Waals surface area (Å²) in [6.07, 6.45) is 6.77. The van der Waals surface area contributed by atoms with Crippen LogP contribution in [0.3, 0.4) is 0 Å². The fourth-order valence-corrected chi connectivity index (χ4v) is 2.75. The molecule has 96 valence electrons. The molecular weight excluding hydrogens is 196 g/mol. The Morgan fingerprint density at radius 1 is 1.25 bits per heavy atom. The van der Waals surface area contributed by atoms with Gasteiger partial charge in [-0.3, -0.25) is 0 Å². The summed E-state index contributed by atoms with van der Waals surface area (Å²) in [5.41, 5.74) is 0. The first kappa shape index (κ1) is 14.0. The van der Waals surface area contributed by atoms with Gasteiger partial charge in [-0.25, -0.2) is 0 Å². The van der Waals surface area contributed by atoms with Crippen molar-refractivity contribution in [3.05, 3.63) is 0 Å². The quantitative estimate of drug-likeness (QED) is 0.650. The molecule has 0 bridgehead atoms. The minimum atomic E-state index is 0.684. The first-order valence-electron chi connectivity index (χ1n) is 7.16. The monoisotopic (exact) mass is 226 g/mol. The fraction of sp³-hybridized carbons (Fsp3) is 1.00. The standard InChI is InChI=1S/C14H30N2/c1-5-8-13(15-7-3)14(6-2)16(4)11-12-9-10-12/h12-15H,5-11H2,1-4H3. The highest BCUT2D eigenvalue weighted by molar-refractivity contribution is 4.85. The van der Waals surface area contributed by atoms with E-state index in [4.69, 9.17) is 0 Å². The van der Waals surface area contributed by atoms with Crippen LogP contribution in [0, 0.1) is 5.92 Å². The van der Waals surface area contributed by atoms with Crippen molar-refractivity contribution in [1.82, 2.24) is 10.2 Å². The largest absolute Gasteiger partial charge is 0.313 e. The molecule has 16 heavy (non-hydrogen) atoms. The summed E-state index contributed by atoms with van der Waals surface area (Å²) < 4.78 is 0. The average molecular weight is 226 g/mol. The maximum Gasteiger partial charge on any atom is 0.0243 e. The summed E-state index contributed by atoms with van der Waals surface area (Å²) in [4.78, 5) is 2.60. The SMILES string of the molecule is CCCC(NCC)C(CC)N(C)CC1CC1. The van der Waals surface area contributed by atoms with E-state index in [1.54, 1.807) is 0 Å². The highest BCUT2D eigenvalue weighted by atomic mass is 15.2. The molecule has 1 aliphatic carbocycles. The van der Waals surface area contributed by atoms with Crippen LogP contribution in [0.2, 0.25) is 0 Å². The van der Waals surface area contributed by atoms with Crippen LogP contribution in [0.5, 0.6) is 0 Å². The number of rotatable bonds is 9. The van der Waals surface area contributed by atoms with Crippen LogP contribution in [-0.4, -0.2) is 37.1 Å². The van der Waals surface area contributed by atoms with Crippen molar-refractivity contribution in [1.29, 1.82) is 0 Å². The molecule has 0 aromatic heterocycles. The van der Waals surface area contributed by atoms with Gasteiger partial charge in [-0.05, 0) is 45.2 Å². The van der Waals surface area contributed by atoms with E-state index in [1.807, 2.05) is 0 Å². The molecule has 1 rings (SSSR count). The van der Waals surface area contributed by atoms with Crippen LogP contribution in [0.15, 0.2) is 0 Å². The fourth-order valence-electron chi connectivity index (χ4n) is 2.75. The number of hydrogen-bond donors (Lipinski definition) is 1. The second kappa shape index (κ2) is 7.29. The lowest BCUT2D eigenvalue weighted by Crippen LogP contribution is -2.48. The zero-order valence-electron chi connectivity index (χ0n) is 11.6. The van der Waals surface area contributed by atoms with E-state index in [1.165, 1.54) is 38.6 Å². The minimum absolute atomic E-state index is 0.684. The summed E-state index contributed by atoms with van der Waals surface area (Å²) in [5.74, 6) is 1.00. The van der Waals surface area contributed by atoms with Gasteiger partial charge in [0.25, 0.3) is 0 Å². The van der Waals surface area contributed by atoms with Gasteiger partial charge in [0.15, 0.2) is 0 Å². The second-order valence-electron chi connectivity index (χ2n) is 5.31. The van der Waals surface area contributed by atoms with Crippen molar-refractivity contribution < 1.29 is 0 Å². The zero-order valence-corrected chi connectivity index (χ0v) is 11.6. The first-order chi connectivity index (χ1) is 7.72. The Morgan fingerprint density at radius 2 is 1.94 bits per heavy atom.